The second-order valence-corrected chi connectivity index (χ2v) is 9.50. The maximum Gasteiger partial charge on any atom is 0.241 e. The van der Waals surface area contributed by atoms with Gasteiger partial charge in [-0.1, -0.05) is 25.1 Å². The molecule has 8 nitrogen and oxygen atoms in total. The minimum atomic E-state index is -3.97. The Balaban J connectivity index is 1.89. The summed E-state index contributed by atoms with van der Waals surface area (Å²) in [6.07, 6.45) is 3.20. The number of aromatic nitrogens is 1. The third-order valence-corrected chi connectivity index (χ3v) is 7.07. The first-order chi connectivity index (χ1) is 14.9. The van der Waals surface area contributed by atoms with E-state index >= 15 is 0 Å². The molecule has 1 aromatic carbocycles. The van der Waals surface area contributed by atoms with Crippen LogP contribution >= 0.6 is 0 Å². The van der Waals surface area contributed by atoms with E-state index in [9.17, 15) is 23.7 Å². The van der Waals surface area contributed by atoms with Gasteiger partial charge in [0.15, 0.2) is 0 Å². The van der Waals surface area contributed by atoms with Crippen molar-refractivity contribution in [2.45, 2.75) is 43.2 Å². The molecule has 0 saturated carbocycles. The van der Waals surface area contributed by atoms with Gasteiger partial charge in [-0.3, -0.25) is 4.79 Å². The van der Waals surface area contributed by atoms with Crippen molar-refractivity contribution in [1.29, 1.82) is 10.5 Å². The molecule has 2 heterocycles. The topological polar surface area (TPSA) is 119 Å². The first kappa shape index (κ1) is 22.5. The fourth-order valence-electron chi connectivity index (χ4n) is 3.72. The first-order valence-corrected chi connectivity index (χ1v) is 11.7. The molecule has 1 N–H and O–H groups in total. The SMILES string of the molecule is CC1CCN(C(=O)C(CC(C#N)n2cccc2C#N)NS(=O)(=O)c2ccccc2)CC1. The zero-order valence-electron chi connectivity index (χ0n) is 17.3. The van der Waals surface area contributed by atoms with Crippen LogP contribution in [0.2, 0.25) is 0 Å². The molecule has 1 fully saturated rings. The fraction of sp³-hybridized carbons (Fsp3) is 0.409. The Kier molecular flexibility index (Phi) is 7.11. The summed E-state index contributed by atoms with van der Waals surface area (Å²) in [5.41, 5.74) is 0.274. The highest BCUT2D eigenvalue weighted by Gasteiger charge is 2.33. The van der Waals surface area contributed by atoms with Crippen LogP contribution in [0.5, 0.6) is 0 Å². The molecule has 1 aliphatic rings. The Morgan fingerprint density at radius 2 is 1.84 bits per heavy atom. The Bertz CT molecular complexity index is 1090. The van der Waals surface area contributed by atoms with Gasteiger partial charge in [0.25, 0.3) is 0 Å². The molecule has 2 unspecified atom stereocenters. The summed E-state index contributed by atoms with van der Waals surface area (Å²) >= 11 is 0. The fourth-order valence-corrected chi connectivity index (χ4v) is 4.94. The number of nitrogens with one attached hydrogen (secondary N) is 1. The van der Waals surface area contributed by atoms with Crippen LogP contribution in [0.1, 0.15) is 37.9 Å². The first-order valence-electron chi connectivity index (χ1n) is 10.2. The summed E-state index contributed by atoms with van der Waals surface area (Å²) < 4.78 is 29.9. The van der Waals surface area contributed by atoms with Crippen LogP contribution in [0.15, 0.2) is 53.6 Å². The van der Waals surface area contributed by atoms with Crippen molar-refractivity contribution in [2.75, 3.05) is 13.1 Å². The van der Waals surface area contributed by atoms with Crippen molar-refractivity contribution in [3.63, 3.8) is 0 Å². The average Bonchev–Trinajstić information content (AvgIpc) is 3.26. The molecule has 0 spiro atoms. The van der Waals surface area contributed by atoms with Gasteiger partial charge >= 0.3 is 0 Å². The lowest BCUT2D eigenvalue weighted by Gasteiger charge is -2.33. The van der Waals surface area contributed by atoms with Crippen molar-refractivity contribution < 1.29 is 13.2 Å². The molecule has 162 valence electrons. The highest BCUT2D eigenvalue weighted by molar-refractivity contribution is 7.89. The van der Waals surface area contributed by atoms with E-state index in [0.717, 1.165) is 12.8 Å². The number of hydrogen-bond donors (Lipinski definition) is 1. The quantitative estimate of drug-likeness (QED) is 0.711. The van der Waals surface area contributed by atoms with Gasteiger partial charge in [0, 0.05) is 25.7 Å². The van der Waals surface area contributed by atoms with Gasteiger partial charge < -0.3 is 9.47 Å². The minimum absolute atomic E-state index is 0.0484. The van der Waals surface area contributed by atoms with Crippen LogP contribution < -0.4 is 4.72 Å². The molecule has 0 bridgehead atoms. The zero-order chi connectivity index (χ0) is 22.4. The molecular weight excluding hydrogens is 414 g/mol. The Morgan fingerprint density at radius 3 is 2.45 bits per heavy atom. The van der Waals surface area contributed by atoms with E-state index in [1.54, 1.807) is 41.4 Å². The molecule has 2 atom stereocenters. The monoisotopic (exact) mass is 439 g/mol. The number of piperidine rings is 1. The molecule has 3 rings (SSSR count). The highest BCUT2D eigenvalue weighted by atomic mass is 32.2. The number of carbonyl (C=O) groups is 1. The largest absolute Gasteiger partial charge is 0.341 e. The molecule has 31 heavy (non-hydrogen) atoms. The molecule has 0 aliphatic carbocycles. The van der Waals surface area contributed by atoms with Crippen LogP contribution in [-0.2, 0) is 14.8 Å². The summed E-state index contributed by atoms with van der Waals surface area (Å²) in [5, 5.41) is 19.0. The summed E-state index contributed by atoms with van der Waals surface area (Å²) in [7, 11) is -3.97. The van der Waals surface area contributed by atoms with Gasteiger partial charge in [0.05, 0.1) is 11.0 Å². The number of carbonyl (C=O) groups excluding carboxylic acids is 1. The molecule has 2 aromatic rings. The third-order valence-electron chi connectivity index (χ3n) is 5.58. The maximum absolute atomic E-state index is 13.3. The van der Waals surface area contributed by atoms with Crippen LogP contribution in [0.4, 0.5) is 0 Å². The summed E-state index contributed by atoms with van der Waals surface area (Å²) in [5.74, 6) is 0.158. The van der Waals surface area contributed by atoms with Crippen LogP contribution in [0.25, 0.3) is 0 Å². The minimum Gasteiger partial charge on any atom is -0.341 e. The summed E-state index contributed by atoms with van der Waals surface area (Å²) in [6.45, 7) is 3.22. The molecular formula is C22H25N5O3S. The van der Waals surface area contributed by atoms with Gasteiger partial charge in [0.1, 0.15) is 23.8 Å². The standard InChI is InChI=1S/C22H25N5O3S/c1-17-9-12-26(13-10-17)22(28)21(25-31(29,30)20-7-3-2-4-8-20)14-19(16-24)27-11-5-6-18(27)15-23/h2-8,11,17,19,21,25H,9-10,12-14H2,1H3. The average molecular weight is 440 g/mol. The lowest BCUT2D eigenvalue weighted by atomic mass is 9.98. The number of hydrogen-bond acceptors (Lipinski definition) is 5. The lowest BCUT2D eigenvalue weighted by Crippen LogP contribution is -2.51. The Labute approximate surface area is 182 Å². The Morgan fingerprint density at radius 1 is 1.16 bits per heavy atom. The predicted octanol–water partition coefficient (Wildman–Crippen LogP) is 2.42. The Hall–Kier alpha value is -3.14. The second kappa shape index (κ2) is 9.78. The van der Waals surface area contributed by atoms with E-state index in [2.05, 4.69) is 17.7 Å². The second-order valence-electron chi connectivity index (χ2n) is 7.79. The number of amides is 1. The number of benzene rings is 1. The molecule has 1 aliphatic heterocycles. The van der Waals surface area contributed by atoms with Gasteiger partial charge in [-0.2, -0.15) is 15.2 Å². The van der Waals surface area contributed by atoms with Crippen LogP contribution in [0.3, 0.4) is 0 Å². The van der Waals surface area contributed by atoms with E-state index in [-0.39, 0.29) is 22.9 Å². The molecule has 9 heteroatoms. The van der Waals surface area contributed by atoms with Crippen molar-refractivity contribution in [1.82, 2.24) is 14.2 Å². The van der Waals surface area contributed by atoms with Crippen molar-refractivity contribution in [3.8, 4) is 12.1 Å². The van der Waals surface area contributed by atoms with Crippen molar-refractivity contribution >= 4 is 15.9 Å². The number of sulfonamides is 1. The highest BCUT2D eigenvalue weighted by Crippen LogP contribution is 2.22. The van der Waals surface area contributed by atoms with E-state index in [1.807, 2.05) is 6.07 Å². The number of nitrogens with zero attached hydrogens (tertiary/aromatic N) is 4. The third kappa shape index (κ3) is 5.32. The molecule has 1 amide bonds. The van der Waals surface area contributed by atoms with Crippen molar-refractivity contribution in [2.24, 2.45) is 5.92 Å². The van der Waals surface area contributed by atoms with E-state index in [0.29, 0.717) is 19.0 Å². The van der Waals surface area contributed by atoms with Gasteiger partial charge in [-0.15, -0.1) is 0 Å². The number of nitriles is 2. The maximum atomic E-state index is 13.3. The van der Waals surface area contributed by atoms with Gasteiger partial charge in [-0.25, -0.2) is 8.42 Å². The smallest absolute Gasteiger partial charge is 0.241 e. The lowest BCUT2D eigenvalue weighted by molar-refractivity contribution is -0.134. The van der Waals surface area contributed by atoms with E-state index in [1.165, 1.54) is 16.7 Å². The van der Waals surface area contributed by atoms with Gasteiger partial charge in [-0.05, 0) is 43.0 Å². The molecule has 0 radical (unpaired) electrons. The van der Waals surface area contributed by atoms with E-state index < -0.39 is 22.1 Å². The summed E-state index contributed by atoms with van der Waals surface area (Å²) in [4.78, 5) is 15.0. The normalized spacial score (nSPS) is 16.8. The number of rotatable bonds is 7. The van der Waals surface area contributed by atoms with Crippen LogP contribution in [-0.4, -0.2) is 42.9 Å². The van der Waals surface area contributed by atoms with Gasteiger partial charge in [0.2, 0.25) is 15.9 Å². The zero-order valence-corrected chi connectivity index (χ0v) is 18.1. The van der Waals surface area contributed by atoms with Crippen LogP contribution in [0, 0.1) is 28.6 Å². The van der Waals surface area contributed by atoms with Crippen molar-refractivity contribution in [3.05, 3.63) is 54.4 Å². The predicted molar refractivity (Wildman–Crippen MR) is 114 cm³/mol. The van der Waals surface area contributed by atoms with E-state index in [4.69, 9.17) is 0 Å². The molecule has 1 aromatic heterocycles. The molecule has 1 saturated heterocycles. The number of likely N-dealkylation sites (tertiary alicyclic amines) is 1. The summed E-state index contributed by atoms with van der Waals surface area (Å²) in [6, 6.07) is 13.1.